The highest BCUT2D eigenvalue weighted by Gasteiger charge is 2.53. The second-order valence-corrected chi connectivity index (χ2v) is 11.7. The van der Waals surface area contributed by atoms with Gasteiger partial charge in [-0.3, -0.25) is 0 Å². The Morgan fingerprint density at radius 2 is 1.31 bits per heavy atom. The van der Waals surface area contributed by atoms with Crippen LogP contribution in [0.15, 0.2) is 0 Å². The summed E-state index contributed by atoms with van der Waals surface area (Å²) in [6, 6.07) is -2.26. The molecule has 0 radical (unpaired) electrons. The van der Waals surface area contributed by atoms with Crippen LogP contribution in [0.5, 0.6) is 0 Å². The molecule has 0 bridgehead atoms. The molecule has 42 heavy (non-hydrogen) atoms. The van der Waals surface area contributed by atoms with Gasteiger partial charge in [0.15, 0.2) is 18.9 Å². The van der Waals surface area contributed by atoms with E-state index in [9.17, 15) is 30.6 Å². The van der Waals surface area contributed by atoms with Gasteiger partial charge in [0.1, 0.15) is 42.7 Å². The van der Waals surface area contributed by atoms with Crippen molar-refractivity contribution in [3.05, 3.63) is 0 Å². The van der Waals surface area contributed by atoms with Gasteiger partial charge in [-0.05, 0) is 25.8 Å². The minimum Gasteiger partial charge on any atom is -0.394 e. The van der Waals surface area contributed by atoms with Crippen molar-refractivity contribution in [1.82, 2.24) is 5.32 Å². The van der Waals surface area contributed by atoms with Gasteiger partial charge in [0.2, 0.25) is 0 Å². The van der Waals surface area contributed by atoms with Crippen LogP contribution in [0.25, 0.3) is 0 Å². The molecular formula is C25H49N5O12. The molecule has 0 aromatic heterocycles. The second kappa shape index (κ2) is 14.6. The van der Waals surface area contributed by atoms with E-state index in [4.69, 9.17) is 51.4 Å². The van der Waals surface area contributed by atoms with Crippen LogP contribution in [0.4, 0.5) is 0 Å². The summed E-state index contributed by atoms with van der Waals surface area (Å²) in [6.07, 6.45) is -15.0. The van der Waals surface area contributed by atoms with E-state index in [0.29, 0.717) is 6.42 Å². The maximum atomic E-state index is 11.3. The smallest absolute Gasteiger partial charge is 0.187 e. The van der Waals surface area contributed by atoms with E-state index < -0.39 is 111 Å². The molecule has 3 aliphatic heterocycles. The van der Waals surface area contributed by atoms with Crippen molar-refractivity contribution < 1.29 is 59.1 Å². The Morgan fingerprint density at radius 3 is 1.93 bits per heavy atom. The number of likely N-dealkylation sites (N-methyl/N-ethyl adjacent to an activating group) is 1. The van der Waals surface area contributed by atoms with Crippen LogP contribution in [0.1, 0.15) is 19.8 Å². The Morgan fingerprint density at radius 1 is 0.714 bits per heavy atom. The van der Waals surface area contributed by atoms with Crippen LogP contribution in [-0.4, -0.2) is 162 Å². The van der Waals surface area contributed by atoms with Crippen LogP contribution in [0, 0.1) is 5.92 Å². The predicted molar refractivity (Wildman–Crippen MR) is 143 cm³/mol. The van der Waals surface area contributed by atoms with E-state index >= 15 is 0 Å². The van der Waals surface area contributed by atoms with E-state index in [-0.39, 0.29) is 25.4 Å². The number of aliphatic hydroxyl groups excluding tert-OH is 6. The molecule has 17 nitrogen and oxygen atoms in total. The van der Waals surface area contributed by atoms with Gasteiger partial charge in [-0.1, -0.05) is 6.92 Å². The number of nitrogens with one attached hydrogen (secondary N) is 1. The van der Waals surface area contributed by atoms with Gasteiger partial charge in [-0.15, -0.1) is 0 Å². The first-order chi connectivity index (χ1) is 19.9. The van der Waals surface area contributed by atoms with Gasteiger partial charge in [0.25, 0.3) is 0 Å². The molecule has 1 saturated carbocycles. The Kier molecular flexibility index (Phi) is 11.9. The fourth-order valence-corrected chi connectivity index (χ4v) is 6.20. The van der Waals surface area contributed by atoms with E-state index in [0.717, 1.165) is 0 Å². The van der Waals surface area contributed by atoms with Crippen molar-refractivity contribution in [2.45, 2.75) is 124 Å². The second-order valence-electron chi connectivity index (χ2n) is 11.7. The lowest BCUT2D eigenvalue weighted by atomic mass is 9.80. The van der Waals surface area contributed by atoms with E-state index in [2.05, 4.69) is 5.32 Å². The van der Waals surface area contributed by atoms with Crippen LogP contribution >= 0.6 is 0 Å². The Balaban J connectivity index is 1.50. The zero-order chi connectivity index (χ0) is 30.9. The van der Waals surface area contributed by atoms with Crippen molar-refractivity contribution in [3.63, 3.8) is 0 Å². The quantitative estimate of drug-likeness (QED) is 0.109. The summed E-state index contributed by atoms with van der Waals surface area (Å²) in [6.45, 7) is 1.26. The van der Waals surface area contributed by atoms with Crippen molar-refractivity contribution in [3.8, 4) is 0 Å². The highest BCUT2D eigenvalue weighted by molar-refractivity contribution is 5.00. The third kappa shape index (κ3) is 6.92. The SMILES string of the molecule is CN[C@@H]1C[C@H](C)[C@@H](O[C@H]2O[C@H](CN)[C@@H](O)C[C@H]2N)[C@H](O[C@@H]2O[C@H](CO)[C@@H](O[C@H]3O[C@@H](CN)[C@@H](O)[C@H](O)[C@H]3N)[C@H]2O)[C@H]1O. The van der Waals surface area contributed by atoms with Gasteiger partial charge >= 0.3 is 0 Å². The number of ether oxygens (including phenoxy) is 6. The molecule has 4 fully saturated rings. The molecule has 1 aliphatic carbocycles. The van der Waals surface area contributed by atoms with Gasteiger partial charge in [0.05, 0.1) is 43.1 Å². The molecule has 0 aromatic carbocycles. The molecule has 18 atom stereocenters. The molecule has 0 amide bonds. The lowest BCUT2D eigenvalue weighted by molar-refractivity contribution is -0.301. The fraction of sp³-hybridized carbons (Fsp3) is 1.00. The van der Waals surface area contributed by atoms with E-state index in [1.165, 1.54) is 0 Å². The average Bonchev–Trinajstić information content (AvgIpc) is 3.27. The number of rotatable bonds is 10. The van der Waals surface area contributed by atoms with Crippen LogP contribution in [0.2, 0.25) is 0 Å². The summed E-state index contributed by atoms with van der Waals surface area (Å²) < 4.78 is 35.6. The number of hydrogen-bond acceptors (Lipinski definition) is 17. The Hall–Kier alpha value is -0.680. The van der Waals surface area contributed by atoms with Crippen molar-refractivity contribution >= 4 is 0 Å². The Bertz CT molecular complexity index is 852. The third-order valence-electron chi connectivity index (χ3n) is 8.79. The fourth-order valence-electron chi connectivity index (χ4n) is 6.20. The summed E-state index contributed by atoms with van der Waals surface area (Å²) in [5.74, 6) is -0.191. The first-order valence-electron chi connectivity index (χ1n) is 14.5. The molecule has 4 aliphatic rings. The van der Waals surface area contributed by atoms with Crippen LogP contribution < -0.4 is 28.3 Å². The molecule has 3 saturated heterocycles. The molecule has 0 unspecified atom stereocenters. The van der Waals surface area contributed by atoms with Gasteiger partial charge in [-0.2, -0.15) is 0 Å². The van der Waals surface area contributed by atoms with Crippen LogP contribution in [0.3, 0.4) is 0 Å². The standard InChI is InChI=1S/C25H49N5O12/c1-8-3-10(30-2)16(33)22(20(8)40-23-9(28)4-11(32)12(5-26)37-23)42-25-19(36)21(14(7-31)39-25)41-24-15(29)18(35)17(34)13(6-27)38-24/h8-25,30-36H,3-7,26-29H2,1-2H3/t8-,9+,10+,11-,12+,13-,14+,15+,16-,17+,18+,19+,20+,21+,22+,23+,24+,25-/m0/s1. The summed E-state index contributed by atoms with van der Waals surface area (Å²) in [7, 11) is 1.70. The third-order valence-corrected chi connectivity index (χ3v) is 8.79. The first kappa shape index (κ1) is 34.2. The average molecular weight is 612 g/mol. The summed E-state index contributed by atoms with van der Waals surface area (Å²) >= 11 is 0. The largest absolute Gasteiger partial charge is 0.394 e. The molecule has 4 rings (SSSR count). The first-order valence-corrected chi connectivity index (χ1v) is 14.5. The highest BCUT2D eigenvalue weighted by Crippen LogP contribution is 2.36. The molecule has 15 N–H and O–H groups in total. The lowest BCUT2D eigenvalue weighted by Gasteiger charge is -2.47. The minimum absolute atomic E-state index is 0.0563. The van der Waals surface area contributed by atoms with E-state index in [1.807, 2.05) is 6.92 Å². The number of hydrogen-bond donors (Lipinski definition) is 11. The summed E-state index contributed by atoms with van der Waals surface area (Å²) in [4.78, 5) is 0. The zero-order valence-electron chi connectivity index (χ0n) is 23.9. The molecule has 246 valence electrons. The van der Waals surface area contributed by atoms with Gasteiger partial charge in [0, 0.05) is 19.1 Å². The number of aliphatic hydroxyl groups is 6. The highest BCUT2D eigenvalue weighted by atomic mass is 16.8. The van der Waals surface area contributed by atoms with Crippen molar-refractivity contribution in [2.75, 3.05) is 26.7 Å². The summed E-state index contributed by atoms with van der Waals surface area (Å²) in [5, 5.41) is 66.3. The summed E-state index contributed by atoms with van der Waals surface area (Å²) in [5.41, 5.74) is 23.6. The molecule has 0 spiro atoms. The van der Waals surface area contributed by atoms with Crippen LogP contribution in [-0.2, 0) is 28.4 Å². The molecule has 17 heteroatoms. The lowest BCUT2D eigenvalue weighted by Crippen LogP contribution is -2.64. The van der Waals surface area contributed by atoms with Gasteiger partial charge in [-0.25, -0.2) is 0 Å². The minimum atomic E-state index is -1.50. The van der Waals surface area contributed by atoms with E-state index in [1.54, 1.807) is 7.05 Å². The topological polar surface area (TPSA) is 293 Å². The molecular weight excluding hydrogens is 562 g/mol. The predicted octanol–water partition coefficient (Wildman–Crippen LogP) is -6.30. The maximum Gasteiger partial charge on any atom is 0.187 e. The van der Waals surface area contributed by atoms with Crippen molar-refractivity contribution in [1.29, 1.82) is 0 Å². The number of nitrogens with two attached hydrogens (primary N) is 4. The Labute approximate surface area is 244 Å². The molecule has 3 heterocycles. The normalized spacial score (nSPS) is 52.0. The zero-order valence-corrected chi connectivity index (χ0v) is 23.9. The molecule has 0 aromatic rings. The monoisotopic (exact) mass is 611 g/mol. The van der Waals surface area contributed by atoms with Gasteiger partial charge < -0.3 is 87.3 Å². The van der Waals surface area contributed by atoms with Crippen molar-refractivity contribution in [2.24, 2.45) is 28.9 Å². The maximum absolute atomic E-state index is 11.3.